The average Bonchev–Trinajstić information content (AvgIpc) is 3.22. The normalized spacial score (nSPS) is 18.7. The first-order chi connectivity index (χ1) is 18.4. The molecule has 1 fully saturated rings. The van der Waals surface area contributed by atoms with E-state index in [4.69, 9.17) is 0 Å². The molecule has 10 heteroatoms. The van der Waals surface area contributed by atoms with Crippen LogP contribution < -0.4 is 5.32 Å². The molecule has 2 aromatic rings. The molecule has 39 heavy (non-hydrogen) atoms. The van der Waals surface area contributed by atoms with Gasteiger partial charge in [0.1, 0.15) is 12.2 Å². The number of nitrogens with zero attached hydrogens (tertiary/aromatic N) is 2. The second-order valence-electron chi connectivity index (χ2n) is 11.0. The Morgan fingerprint density at radius 1 is 1.08 bits per heavy atom. The summed E-state index contributed by atoms with van der Waals surface area (Å²) in [5, 5.41) is 13.0. The van der Waals surface area contributed by atoms with Gasteiger partial charge in [0.2, 0.25) is 15.8 Å². The van der Waals surface area contributed by atoms with Crippen molar-refractivity contribution in [1.29, 1.82) is 0 Å². The maximum Gasteiger partial charge on any atom is 0.409 e. The van der Waals surface area contributed by atoms with Crippen LogP contribution in [0.15, 0.2) is 60.7 Å². The molecule has 2 N–H and O–H groups in total. The fourth-order valence-corrected chi connectivity index (χ4v) is 6.96. The molecule has 2 amide bonds. The Morgan fingerprint density at radius 3 is 2.23 bits per heavy atom. The van der Waals surface area contributed by atoms with Crippen LogP contribution >= 0.6 is 0 Å². The number of carbonyl (C=O) groups is 3. The van der Waals surface area contributed by atoms with E-state index in [9.17, 15) is 27.9 Å². The molecule has 0 aromatic heterocycles. The van der Waals surface area contributed by atoms with Crippen LogP contribution in [0.25, 0.3) is 0 Å². The number of amides is 2. The van der Waals surface area contributed by atoms with Crippen molar-refractivity contribution in [3.8, 4) is 0 Å². The summed E-state index contributed by atoms with van der Waals surface area (Å²) in [6.07, 6.45) is -1.07. The lowest BCUT2D eigenvalue weighted by atomic mass is 9.91. The van der Waals surface area contributed by atoms with E-state index in [1.807, 2.05) is 51.1 Å². The lowest BCUT2D eigenvalue weighted by molar-refractivity contribution is -0.142. The number of hydrogen-bond donors (Lipinski definition) is 2. The van der Waals surface area contributed by atoms with Crippen LogP contribution in [0.3, 0.4) is 0 Å². The Bertz CT molecular complexity index is 1250. The predicted octanol–water partition coefficient (Wildman–Crippen LogP) is 4.56. The van der Waals surface area contributed by atoms with Crippen molar-refractivity contribution in [1.82, 2.24) is 14.5 Å². The number of carbonyl (C=O) groups excluding carboxylic acids is 2. The fourth-order valence-electron chi connectivity index (χ4n) is 5.08. The molecule has 0 radical (unpaired) electrons. The van der Waals surface area contributed by atoms with Crippen molar-refractivity contribution >= 4 is 27.8 Å². The van der Waals surface area contributed by atoms with Crippen molar-refractivity contribution in [3.05, 3.63) is 71.8 Å². The number of sulfonamides is 1. The van der Waals surface area contributed by atoms with E-state index in [0.29, 0.717) is 18.4 Å². The SMILES string of the molecule is CCCC[C@@H](C(=O)C(=O)N[C@H](C)c1ccccc1)N(C(=O)O)C1CC(C)(C)CN1S(=O)(=O)Cc1ccccc1. The van der Waals surface area contributed by atoms with Gasteiger partial charge in [-0.05, 0) is 36.3 Å². The van der Waals surface area contributed by atoms with Gasteiger partial charge in [-0.15, -0.1) is 0 Å². The standard InChI is InChI=1S/C29H39N3O6S/c1-5-6-17-24(26(33)27(34)30-21(2)23-15-11-8-12-16-23)32(28(35)36)25-18-29(3,4)20-31(25)39(37,38)19-22-13-9-7-10-14-22/h7-16,21,24-25H,5-6,17-20H2,1-4H3,(H,30,34)(H,35,36)/t21-,24+,25?/m1/s1. The van der Waals surface area contributed by atoms with Crippen molar-refractivity contribution in [3.63, 3.8) is 0 Å². The first-order valence-electron chi connectivity index (χ1n) is 13.3. The zero-order chi connectivity index (χ0) is 28.8. The van der Waals surface area contributed by atoms with Crippen LogP contribution in [0.5, 0.6) is 0 Å². The van der Waals surface area contributed by atoms with Gasteiger partial charge in [0.05, 0.1) is 11.8 Å². The number of benzene rings is 2. The highest BCUT2D eigenvalue weighted by molar-refractivity contribution is 7.88. The second-order valence-corrected chi connectivity index (χ2v) is 12.9. The van der Waals surface area contributed by atoms with Gasteiger partial charge in [0.25, 0.3) is 5.91 Å². The summed E-state index contributed by atoms with van der Waals surface area (Å²) in [6.45, 7) is 7.49. The van der Waals surface area contributed by atoms with Crippen LogP contribution in [0.2, 0.25) is 0 Å². The number of Topliss-reactive ketones (excluding diaryl/α,β-unsaturated/α-hetero) is 1. The fraction of sp³-hybridized carbons (Fsp3) is 0.483. The monoisotopic (exact) mass is 557 g/mol. The quantitative estimate of drug-likeness (QED) is 0.369. The van der Waals surface area contributed by atoms with Crippen molar-refractivity contribution in [2.75, 3.05) is 6.54 Å². The number of hydrogen-bond acceptors (Lipinski definition) is 5. The van der Waals surface area contributed by atoms with Crippen molar-refractivity contribution < 1.29 is 27.9 Å². The highest BCUT2D eigenvalue weighted by Crippen LogP contribution is 2.39. The molecule has 1 aliphatic rings. The molecule has 1 unspecified atom stereocenters. The Labute approximate surface area is 231 Å². The minimum atomic E-state index is -3.95. The average molecular weight is 558 g/mol. The van der Waals surface area contributed by atoms with E-state index in [-0.39, 0.29) is 25.1 Å². The van der Waals surface area contributed by atoms with E-state index in [1.165, 1.54) is 4.31 Å². The number of unbranched alkanes of at least 4 members (excludes halogenated alkanes) is 1. The van der Waals surface area contributed by atoms with Gasteiger partial charge in [0.15, 0.2) is 0 Å². The number of rotatable bonds is 12. The van der Waals surface area contributed by atoms with E-state index in [1.54, 1.807) is 37.3 Å². The van der Waals surface area contributed by atoms with Gasteiger partial charge in [-0.3, -0.25) is 14.5 Å². The Balaban J connectivity index is 1.93. The van der Waals surface area contributed by atoms with Gasteiger partial charge < -0.3 is 10.4 Å². The Kier molecular flexibility index (Phi) is 9.90. The van der Waals surface area contributed by atoms with Gasteiger partial charge >= 0.3 is 6.09 Å². The number of carboxylic acid groups (broad SMARTS) is 1. The van der Waals surface area contributed by atoms with E-state index < -0.39 is 51.5 Å². The number of nitrogens with one attached hydrogen (secondary N) is 1. The lowest BCUT2D eigenvalue weighted by Crippen LogP contribution is -2.58. The van der Waals surface area contributed by atoms with Crippen molar-refractivity contribution in [2.45, 2.75) is 77.4 Å². The minimum Gasteiger partial charge on any atom is -0.465 e. The third-order valence-corrected chi connectivity index (χ3v) is 8.87. The molecule has 1 saturated heterocycles. The third-order valence-electron chi connectivity index (χ3n) is 7.08. The molecule has 3 atom stereocenters. The molecule has 212 valence electrons. The summed E-state index contributed by atoms with van der Waals surface area (Å²) >= 11 is 0. The van der Waals surface area contributed by atoms with Gasteiger partial charge in [0, 0.05) is 6.54 Å². The van der Waals surface area contributed by atoms with Crippen LogP contribution in [0.1, 0.15) is 70.5 Å². The van der Waals surface area contributed by atoms with E-state index in [0.717, 1.165) is 10.5 Å². The topological polar surface area (TPSA) is 124 Å². The maximum absolute atomic E-state index is 13.6. The highest BCUT2D eigenvalue weighted by Gasteiger charge is 2.50. The van der Waals surface area contributed by atoms with Crippen LogP contribution in [0.4, 0.5) is 4.79 Å². The molecule has 0 spiro atoms. The summed E-state index contributed by atoms with van der Waals surface area (Å²) in [5.41, 5.74) is 0.843. The zero-order valence-corrected chi connectivity index (χ0v) is 23.9. The van der Waals surface area contributed by atoms with Crippen LogP contribution in [-0.4, -0.2) is 59.3 Å². The molecule has 2 aromatic carbocycles. The molecule has 3 rings (SSSR count). The summed E-state index contributed by atoms with van der Waals surface area (Å²) in [7, 11) is -3.95. The lowest BCUT2D eigenvalue weighted by Gasteiger charge is -2.37. The molecule has 0 aliphatic carbocycles. The molecule has 1 heterocycles. The molecular weight excluding hydrogens is 518 g/mol. The highest BCUT2D eigenvalue weighted by atomic mass is 32.2. The Morgan fingerprint density at radius 2 is 1.67 bits per heavy atom. The molecule has 9 nitrogen and oxygen atoms in total. The maximum atomic E-state index is 13.6. The summed E-state index contributed by atoms with van der Waals surface area (Å²) in [6, 6.07) is 16.0. The first kappa shape index (κ1) is 30.3. The predicted molar refractivity (Wildman–Crippen MR) is 149 cm³/mol. The molecule has 0 saturated carbocycles. The summed E-state index contributed by atoms with van der Waals surface area (Å²) in [4.78, 5) is 40.3. The smallest absolute Gasteiger partial charge is 0.409 e. The second kappa shape index (κ2) is 12.7. The summed E-state index contributed by atoms with van der Waals surface area (Å²) < 4.78 is 28.4. The van der Waals surface area contributed by atoms with E-state index in [2.05, 4.69) is 5.32 Å². The third kappa shape index (κ3) is 7.67. The van der Waals surface area contributed by atoms with Crippen LogP contribution in [-0.2, 0) is 25.4 Å². The molecular formula is C29H39N3O6S. The zero-order valence-electron chi connectivity index (χ0n) is 23.0. The number of ketones is 1. The van der Waals surface area contributed by atoms with E-state index >= 15 is 0 Å². The summed E-state index contributed by atoms with van der Waals surface area (Å²) in [5.74, 6) is -2.08. The largest absolute Gasteiger partial charge is 0.465 e. The first-order valence-corrected chi connectivity index (χ1v) is 14.9. The Hall–Kier alpha value is -3.24. The van der Waals surface area contributed by atoms with Crippen molar-refractivity contribution in [2.24, 2.45) is 5.41 Å². The van der Waals surface area contributed by atoms with Crippen LogP contribution in [0, 0.1) is 5.41 Å². The van der Waals surface area contributed by atoms with Gasteiger partial charge in [-0.25, -0.2) is 13.2 Å². The minimum absolute atomic E-state index is 0.0997. The molecule has 0 bridgehead atoms. The van der Waals surface area contributed by atoms with Gasteiger partial charge in [-0.1, -0.05) is 94.3 Å². The van der Waals surface area contributed by atoms with Gasteiger partial charge in [-0.2, -0.15) is 4.31 Å². The molecule has 1 aliphatic heterocycles.